The molecule has 16 nitrogen and oxygen atoms in total. The predicted octanol–water partition coefficient (Wildman–Crippen LogP) is -7.94. The van der Waals surface area contributed by atoms with E-state index < -0.39 is 112 Å². The van der Waals surface area contributed by atoms with Gasteiger partial charge in [-0.15, -0.1) is 0 Å². The molecule has 0 aromatic rings. The summed E-state index contributed by atoms with van der Waals surface area (Å²) in [6, 6.07) is 0. The SMILES string of the molecule is OC[C@H](O)[C@H](O)[C@@H](O[C@@H]1O[C@H](CO[C@@H]2O[C@H](CO)[C@H](O)[C@H](O)[C@H]2O)[C@H](O)[C@H](O)[C@H]1O)[C@@H](O)CO. The Labute approximate surface area is 193 Å². The Morgan fingerprint density at radius 3 is 1.65 bits per heavy atom. The third-order valence-electron chi connectivity index (χ3n) is 5.72. The Morgan fingerprint density at radius 2 is 1.12 bits per heavy atom. The van der Waals surface area contributed by atoms with E-state index in [2.05, 4.69) is 0 Å². The molecule has 202 valence electrons. The quantitative estimate of drug-likeness (QED) is 0.124. The summed E-state index contributed by atoms with van der Waals surface area (Å²) in [5, 5.41) is 117. The van der Waals surface area contributed by atoms with Gasteiger partial charge in [-0.05, 0) is 0 Å². The van der Waals surface area contributed by atoms with Crippen molar-refractivity contribution in [1.29, 1.82) is 0 Å². The van der Waals surface area contributed by atoms with Crippen LogP contribution in [0.25, 0.3) is 0 Å². The van der Waals surface area contributed by atoms with Crippen LogP contribution in [0.5, 0.6) is 0 Å². The minimum absolute atomic E-state index is 0.650. The number of ether oxygens (including phenoxy) is 4. The number of hydrogen-bond donors (Lipinski definition) is 12. The first-order valence-corrected chi connectivity index (χ1v) is 10.5. The van der Waals surface area contributed by atoms with E-state index in [0.29, 0.717) is 0 Å². The van der Waals surface area contributed by atoms with Crippen LogP contribution in [0.3, 0.4) is 0 Å². The van der Waals surface area contributed by atoms with E-state index >= 15 is 0 Å². The van der Waals surface area contributed by atoms with Crippen molar-refractivity contribution in [2.45, 2.75) is 85.8 Å². The zero-order valence-electron chi connectivity index (χ0n) is 17.9. The minimum atomic E-state index is -1.96. The molecule has 2 fully saturated rings. The normalized spacial score (nSPS) is 42.7. The van der Waals surface area contributed by atoms with Crippen LogP contribution in [0, 0.1) is 0 Å². The maximum absolute atomic E-state index is 10.2. The minimum Gasteiger partial charge on any atom is -0.394 e. The molecule has 16 heteroatoms. The zero-order chi connectivity index (χ0) is 25.7. The molecule has 2 aliphatic rings. The first kappa shape index (κ1) is 29.6. The first-order valence-electron chi connectivity index (χ1n) is 10.5. The van der Waals surface area contributed by atoms with Crippen LogP contribution in [0.4, 0.5) is 0 Å². The van der Waals surface area contributed by atoms with Crippen molar-refractivity contribution in [2.24, 2.45) is 0 Å². The number of aliphatic hydroxyl groups is 12. The van der Waals surface area contributed by atoms with Crippen LogP contribution in [0.1, 0.15) is 0 Å². The Hall–Kier alpha value is -0.640. The van der Waals surface area contributed by atoms with Crippen LogP contribution >= 0.6 is 0 Å². The molecule has 0 spiro atoms. The van der Waals surface area contributed by atoms with Crippen molar-refractivity contribution >= 4 is 0 Å². The lowest BCUT2D eigenvalue weighted by Crippen LogP contribution is -2.63. The largest absolute Gasteiger partial charge is 0.394 e. The summed E-state index contributed by atoms with van der Waals surface area (Å²) in [4.78, 5) is 0. The highest BCUT2D eigenvalue weighted by Gasteiger charge is 2.49. The lowest BCUT2D eigenvalue weighted by molar-refractivity contribution is -0.344. The van der Waals surface area contributed by atoms with E-state index in [9.17, 15) is 56.2 Å². The highest BCUT2D eigenvalue weighted by Crippen LogP contribution is 2.27. The van der Waals surface area contributed by atoms with Crippen molar-refractivity contribution in [2.75, 3.05) is 26.4 Å². The molecule has 34 heavy (non-hydrogen) atoms. The van der Waals surface area contributed by atoms with Gasteiger partial charge < -0.3 is 80.2 Å². The van der Waals surface area contributed by atoms with Crippen LogP contribution in [-0.2, 0) is 18.9 Å². The first-order chi connectivity index (χ1) is 16.0. The second-order valence-electron chi connectivity index (χ2n) is 8.14. The highest BCUT2D eigenvalue weighted by molar-refractivity contribution is 4.93. The van der Waals surface area contributed by atoms with E-state index in [1.165, 1.54) is 0 Å². The van der Waals surface area contributed by atoms with Gasteiger partial charge in [0, 0.05) is 0 Å². The molecule has 12 N–H and O–H groups in total. The monoisotopic (exact) mass is 506 g/mol. The van der Waals surface area contributed by atoms with Crippen LogP contribution in [-0.4, -0.2) is 174 Å². The maximum atomic E-state index is 10.2. The molecule has 0 aliphatic carbocycles. The van der Waals surface area contributed by atoms with Crippen molar-refractivity contribution in [3.8, 4) is 0 Å². The Bertz CT molecular complexity index is 596. The number of rotatable bonds is 11. The van der Waals surface area contributed by atoms with Crippen LogP contribution in [0.2, 0.25) is 0 Å². The smallest absolute Gasteiger partial charge is 0.187 e. The van der Waals surface area contributed by atoms with Gasteiger partial charge in [0.1, 0.15) is 73.2 Å². The van der Waals surface area contributed by atoms with Crippen LogP contribution < -0.4 is 0 Å². The van der Waals surface area contributed by atoms with Crippen LogP contribution in [0.15, 0.2) is 0 Å². The van der Waals surface area contributed by atoms with E-state index in [0.717, 1.165) is 0 Å². The van der Waals surface area contributed by atoms with Gasteiger partial charge in [0.2, 0.25) is 0 Å². The molecular formula is C18H34O16. The molecule has 0 radical (unpaired) electrons. The summed E-state index contributed by atoms with van der Waals surface area (Å²) in [5.74, 6) is 0. The fraction of sp³-hybridized carbons (Fsp3) is 1.00. The van der Waals surface area contributed by atoms with Crippen molar-refractivity contribution < 1.29 is 80.2 Å². The van der Waals surface area contributed by atoms with Gasteiger partial charge in [0.25, 0.3) is 0 Å². The van der Waals surface area contributed by atoms with E-state index in [-0.39, 0.29) is 0 Å². The molecule has 2 saturated heterocycles. The Kier molecular flexibility index (Phi) is 11.4. The standard InChI is InChI=1S/C18H34O16/c19-1-5(22)9(24)16(6(23)2-20)34-18-15(30)13(28)11(26)8(33-18)4-31-17-14(29)12(27)10(25)7(3-21)32-17/h5-30H,1-4H2/t5-,6-,7+,8+,9-,10-,11-,12-,13-,14+,15+,16-,17+,18-/m0/s1. The summed E-state index contributed by atoms with van der Waals surface area (Å²) in [5.41, 5.74) is 0. The third-order valence-corrected chi connectivity index (χ3v) is 5.72. The molecule has 0 aromatic carbocycles. The predicted molar refractivity (Wildman–Crippen MR) is 103 cm³/mol. The molecule has 0 bridgehead atoms. The van der Waals surface area contributed by atoms with Gasteiger partial charge in [0.05, 0.1) is 26.4 Å². The third kappa shape index (κ3) is 6.56. The van der Waals surface area contributed by atoms with Gasteiger partial charge >= 0.3 is 0 Å². The second-order valence-corrected chi connectivity index (χ2v) is 8.14. The summed E-state index contributed by atoms with van der Waals surface area (Å²) >= 11 is 0. The van der Waals surface area contributed by atoms with E-state index in [1.54, 1.807) is 0 Å². The molecule has 0 aromatic heterocycles. The van der Waals surface area contributed by atoms with Gasteiger partial charge in [-0.1, -0.05) is 0 Å². The van der Waals surface area contributed by atoms with E-state index in [4.69, 9.17) is 24.1 Å². The van der Waals surface area contributed by atoms with Crippen molar-refractivity contribution in [1.82, 2.24) is 0 Å². The van der Waals surface area contributed by atoms with Gasteiger partial charge in [-0.25, -0.2) is 0 Å². The average Bonchev–Trinajstić information content (AvgIpc) is 2.84. The topological polar surface area (TPSA) is 280 Å². The zero-order valence-corrected chi connectivity index (χ0v) is 17.9. The average molecular weight is 506 g/mol. The molecule has 14 atom stereocenters. The molecule has 2 rings (SSSR count). The molecule has 2 aliphatic heterocycles. The van der Waals surface area contributed by atoms with Gasteiger partial charge in [-0.3, -0.25) is 0 Å². The highest BCUT2D eigenvalue weighted by atomic mass is 16.7. The van der Waals surface area contributed by atoms with Crippen molar-refractivity contribution in [3.05, 3.63) is 0 Å². The molecule has 0 saturated carbocycles. The second kappa shape index (κ2) is 13.1. The molecular weight excluding hydrogens is 472 g/mol. The van der Waals surface area contributed by atoms with Gasteiger partial charge in [0.15, 0.2) is 12.6 Å². The molecule has 0 amide bonds. The fourth-order valence-corrected chi connectivity index (χ4v) is 3.55. The number of hydrogen-bond acceptors (Lipinski definition) is 16. The molecule has 2 heterocycles. The lowest BCUT2D eigenvalue weighted by Gasteiger charge is -2.44. The Balaban J connectivity index is 2.10. The Morgan fingerprint density at radius 1 is 0.618 bits per heavy atom. The van der Waals surface area contributed by atoms with E-state index in [1.807, 2.05) is 0 Å². The summed E-state index contributed by atoms with van der Waals surface area (Å²) in [7, 11) is 0. The summed E-state index contributed by atoms with van der Waals surface area (Å²) < 4.78 is 21.0. The maximum Gasteiger partial charge on any atom is 0.187 e. The summed E-state index contributed by atoms with van der Waals surface area (Å²) in [6.07, 6.45) is -24.4. The fourth-order valence-electron chi connectivity index (χ4n) is 3.55. The van der Waals surface area contributed by atoms with Gasteiger partial charge in [-0.2, -0.15) is 0 Å². The molecule has 0 unspecified atom stereocenters. The summed E-state index contributed by atoms with van der Waals surface area (Å²) in [6.45, 7) is -3.27. The van der Waals surface area contributed by atoms with Crippen molar-refractivity contribution in [3.63, 3.8) is 0 Å². The lowest BCUT2D eigenvalue weighted by atomic mass is 9.98. The number of aliphatic hydroxyl groups excluding tert-OH is 12.